The van der Waals surface area contributed by atoms with Crippen molar-refractivity contribution < 1.29 is 9.53 Å². The molecule has 6 heteroatoms. The topological polar surface area (TPSA) is 41.6 Å². The predicted molar refractivity (Wildman–Crippen MR) is 112 cm³/mol. The van der Waals surface area contributed by atoms with Gasteiger partial charge < -0.3 is 10.1 Å². The van der Waals surface area contributed by atoms with Crippen molar-refractivity contribution in [3.63, 3.8) is 0 Å². The van der Waals surface area contributed by atoms with Crippen LogP contribution in [0.5, 0.6) is 5.75 Å². The Morgan fingerprint density at radius 2 is 1.89 bits per heavy atom. The van der Waals surface area contributed by atoms with E-state index in [4.69, 9.17) is 16.3 Å². The number of nitrogens with zero attached hydrogens (tertiary/aromatic N) is 1. The van der Waals surface area contributed by atoms with Crippen LogP contribution in [-0.4, -0.2) is 37.6 Å². The second-order valence-corrected chi connectivity index (χ2v) is 6.98. The minimum Gasteiger partial charge on any atom is -0.497 e. The molecule has 1 atom stereocenters. The summed E-state index contributed by atoms with van der Waals surface area (Å²) < 4.78 is 5.21. The van der Waals surface area contributed by atoms with E-state index in [1.807, 2.05) is 30.3 Å². The lowest BCUT2D eigenvalue weighted by atomic mass is 10.0. The fourth-order valence-electron chi connectivity index (χ4n) is 3.47. The van der Waals surface area contributed by atoms with Gasteiger partial charge in [0.2, 0.25) is 0 Å². The van der Waals surface area contributed by atoms with Gasteiger partial charge in [-0.1, -0.05) is 42.3 Å². The summed E-state index contributed by atoms with van der Waals surface area (Å²) in [4.78, 5) is 15.0. The average Bonchev–Trinajstić information content (AvgIpc) is 2.70. The lowest BCUT2D eigenvalue weighted by molar-refractivity contribution is 0.0924. The summed E-state index contributed by atoms with van der Waals surface area (Å²) in [5, 5.41) is 3.83. The molecule has 0 aromatic heterocycles. The number of methoxy groups -OCH3 is 1. The minimum atomic E-state index is -0.0991. The summed E-state index contributed by atoms with van der Waals surface area (Å²) in [6, 6.07) is 15.2. The molecule has 1 unspecified atom stereocenters. The highest BCUT2D eigenvalue weighted by molar-refractivity contribution is 6.31. The molecular formula is C21H26Cl2N2O2. The minimum absolute atomic E-state index is 0. The van der Waals surface area contributed by atoms with Crippen LogP contribution in [0.1, 0.15) is 41.2 Å². The number of hydrogen-bond donors (Lipinski definition) is 1. The van der Waals surface area contributed by atoms with Gasteiger partial charge in [0.05, 0.1) is 13.2 Å². The van der Waals surface area contributed by atoms with Crippen molar-refractivity contribution in [3.8, 4) is 5.75 Å². The van der Waals surface area contributed by atoms with Crippen molar-refractivity contribution in [3.05, 3.63) is 64.7 Å². The zero-order chi connectivity index (χ0) is 18.4. The lowest BCUT2D eigenvalue weighted by Gasteiger charge is -2.35. The van der Waals surface area contributed by atoms with Crippen LogP contribution >= 0.6 is 24.0 Å². The first kappa shape index (κ1) is 21.5. The van der Waals surface area contributed by atoms with Gasteiger partial charge in [0.25, 0.3) is 5.91 Å². The second kappa shape index (κ2) is 10.5. The normalized spacial score (nSPS) is 15.5. The maximum Gasteiger partial charge on any atom is 0.251 e. The van der Waals surface area contributed by atoms with Gasteiger partial charge in [0.1, 0.15) is 5.75 Å². The van der Waals surface area contributed by atoms with Crippen LogP contribution in [0.25, 0.3) is 0 Å². The van der Waals surface area contributed by atoms with E-state index in [0.717, 1.165) is 23.7 Å². The van der Waals surface area contributed by atoms with Crippen LogP contribution < -0.4 is 10.1 Å². The van der Waals surface area contributed by atoms with Crippen LogP contribution in [0.15, 0.2) is 48.5 Å². The molecule has 1 aliphatic rings. The third-order valence-corrected chi connectivity index (χ3v) is 5.23. The molecule has 2 aromatic carbocycles. The third kappa shape index (κ3) is 5.61. The van der Waals surface area contributed by atoms with Crippen LogP contribution in [0.4, 0.5) is 0 Å². The van der Waals surface area contributed by atoms with E-state index in [-0.39, 0.29) is 24.4 Å². The molecule has 0 saturated carbocycles. The number of benzene rings is 2. The first-order chi connectivity index (χ1) is 12.7. The number of piperidine rings is 1. The zero-order valence-corrected chi connectivity index (χ0v) is 17.1. The Hall–Kier alpha value is -1.75. The Morgan fingerprint density at radius 3 is 2.59 bits per heavy atom. The van der Waals surface area contributed by atoms with Crippen LogP contribution in [0.3, 0.4) is 0 Å². The van der Waals surface area contributed by atoms with E-state index in [9.17, 15) is 4.79 Å². The van der Waals surface area contributed by atoms with Gasteiger partial charge in [-0.25, -0.2) is 0 Å². The standard InChI is InChI=1S/C21H25ClN2O2.ClH/c1-26-17-9-7-8-16(14-17)21(25)23-15-20(24-12-5-2-6-13-24)18-10-3-4-11-19(18)22;/h3-4,7-11,14,20H,2,5-6,12-13,15H2,1H3,(H,23,25);1H. The molecule has 4 nitrogen and oxygen atoms in total. The van der Waals surface area contributed by atoms with Gasteiger partial charge >= 0.3 is 0 Å². The van der Waals surface area contributed by atoms with E-state index in [0.29, 0.717) is 17.9 Å². The number of ether oxygens (including phenoxy) is 1. The highest BCUT2D eigenvalue weighted by atomic mass is 35.5. The van der Waals surface area contributed by atoms with Gasteiger partial charge in [-0.2, -0.15) is 0 Å². The van der Waals surface area contributed by atoms with Crippen molar-refractivity contribution in [2.45, 2.75) is 25.3 Å². The number of rotatable bonds is 6. The van der Waals surface area contributed by atoms with E-state index >= 15 is 0 Å². The largest absolute Gasteiger partial charge is 0.497 e. The fraction of sp³-hybridized carbons (Fsp3) is 0.381. The molecule has 0 aliphatic carbocycles. The molecule has 146 valence electrons. The number of carbonyl (C=O) groups excluding carboxylic acids is 1. The van der Waals surface area contributed by atoms with Crippen molar-refractivity contribution in [2.24, 2.45) is 0 Å². The van der Waals surface area contributed by atoms with Crippen molar-refractivity contribution in [2.75, 3.05) is 26.7 Å². The van der Waals surface area contributed by atoms with Gasteiger partial charge in [-0.15, -0.1) is 12.4 Å². The Labute approximate surface area is 172 Å². The predicted octanol–water partition coefficient (Wildman–Crippen LogP) is 4.73. The van der Waals surface area contributed by atoms with Gasteiger partial charge in [0.15, 0.2) is 0 Å². The quantitative estimate of drug-likeness (QED) is 0.750. The number of carbonyl (C=O) groups is 1. The number of amides is 1. The molecule has 1 aliphatic heterocycles. The summed E-state index contributed by atoms with van der Waals surface area (Å²) in [6.45, 7) is 2.59. The summed E-state index contributed by atoms with van der Waals surface area (Å²) in [5.74, 6) is 0.578. The molecule has 0 radical (unpaired) electrons. The molecule has 1 fully saturated rings. The SMILES string of the molecule is COc1cccc(C(=O)NCC(c2ccccc2Cl)N2CCCCC2)c1.Cl. The average molecular weight is 409 g/mol. The maximum absolute atomic E-state index is 12.6. The van der Waals surface area contributed by atoms with Crippen molar-refractivity contribution in [1.29, 1.82) is 0 Å². The van der Waals surface area contributed by atoms with Crippen molar-refractivity contribution >= 4 is 29.9 Å². The molecule has 1 amide bonds. The summed E-state index contributed by atoms with van der Waals surface area (Å²) in [6.07, 6.45) is 3.64. The lowest BCUT2D eigenvalue weighted by Crippen LogP contribution is -2.40. The molecule has 3 rings (SSSR count). The Balaban J connectivity index is 0.00000261. The molecule has 1 saturated heterocycles. The van der Waals surface area contributed by atoms with Crippen LogP contribution in [0, 0.1) is 0 Å². The molecular weight excluding hydrogens is 383 g/mol. The summed E-state index contributed by atoms with van der Waals surface area (Å²) >= 11 is 6.45. The molecule has 1 N–H and O–H groups in total. The Bertz CT molecular complexity index is 748. The van der Waals surface area contributed by atoms with Gasteiger partial charge in [0, 0.05) is 17.1 Å². The zero-order valence-electron chi connectivity index (χ0n) is 15.5. The van der Waals surface area contributed by atoms with E-state index in [1.165, 1.54) is 19.3 Å². The third-order valence-electron chi connectivity index (χ3n) is 4.88. The highest BCUT2D eigenvalue weighted by Crippen LogP contribution is 2.29. The molecule has 27 heavy (non-hydrogen) atoms. The van der Waals surface area contributed by atoms with Crippen molar-refractivity contribution in [1.82, 2.24) is 10.2 Å². The van der Waals surface area contributed by atoms with E-state index in [2.05, 4.69) is 16.3 Å². The smallest absolute Gasteiger partial charge is 0.251 e. The number of likely N-dealkylation sites (tertiary alicyclic amines) is 1. The van der Waals surface area contributed by atoms with Crippen LogP contribution in [-0.2, 0) is 0 Å². The van der Waals surface area contributed by atoms with E-state index < -0.39 is 0 Å². The monoisotopic (exact) mass is 408 g/mol. The fourth-order valence-corrected chi connectivity index (χ4v) is 3.73. The number of hydrogen-bond acceptors (Lipinski definition) is 3. The molecule has 1 heterocycles. The number of halogens is 2. The molecule has 0 bridgehead atoms. The second-order valence-electron chi connectivity index (χ2n) is 6.58. The molecule has 0 spiro atoms. The first-order valence-electron chi connectivity index (χ1n) is 9.10. The van der Waals surface area contributed by atoms with Gasteiger partial charge in [-0.05, 0) is 55.8 Å². The molecule has 2 aromatic rings. The summed E-state index contributed by atoms with van der Waals surface area (Å²) in [5.41, 5.74) is 1.67. The summed E-state index contributed by atoms with van der Waals surface area (Å²) in [7, 11) is 1.60. The highest BCUT2D eigenvalue weighted by Gasteiger charge is 2.24. The maximum atomic E-state index is 12.6. The Kier molecular flexibility index (Phi) is 8.42. The van der Waals surface area contributed by atoms with E-state index in [1.54, 1.807) is 19.2 Å². The Morgan fingerprint density at radius 1 is 1.15 bits per heavy atom. The first-order valence-corrected chi connectivity index (χ1v) is 9.47. The van der Waals surface area contributed by atoms with Crippen LogP contribution in [0.2, 0.25) is 5.02 Å². The van der Waals surface area contributed by atoms with Gasteiger partial charge in [-0.3, -0.25) is 9.69 Å². The number of nitrogens with one attached hydrogen (secondary N) is 1.